The molecule has 0 amide bonds. The number of ether oxygens (including phenoxy) is 1. The Morgan fingerprint density at radius 2 is 2.38 bits per heavy atom. The Balaban J connectivity index is 2.76. The maximum Gasteiger partial charge on any atom is 0.301 e. The number of fused-ring (bicyclic) bond motifs is 1. The van der Waals surface area contributed by atoms with Crippen LogP contribution < -0.4 is 10.3 Å². The lowest BCUT2D eigenvalue weighted by Crippen LogP contribution is -2.16. The zero-order valence-electron chi connectivity index (χ0n) is 6.49. The summed E-state index contributed by atoms with van der Waals surface area (Å²) in [7, 11) is 0. The van der Waals surface area contributed by atoms with Gasteiger partial charge in [0.05, 0.1) is 6.54 Å². The Kier molecular flexibility index (Phi) is 1.81. The van der Waals surface area contributed by atoms with Gasteiger partial charge < -0.3 is 4.74 Å². The molecule has 2 heterocycles. The Morgan fingerprint density at radius 3 is 3.08 bits per heavy atom. The summed E-state index contributed by atoms with van der Waals surface area (Å²) in [5, 5.41) is 0.0995. The minimum atomic E-state index is -0.645. The second-order valence-electron chi connectivity index (χ2n) is 2.52. The van der Waals surface area contributed by atoms with E-state index < -0.39 is 5.56 Å². The van der Waals surface area contributed by atoms with Gasteiger partial charge in [-0.05, 0) is 0 Å². The molecule has 2 rings (SSSR count). The molecule has 1 aliphatic heterocycles. The molecule has 1 aromatic heterocycles. The van der Waals surface area contributed by atoms with Crippen molar-refractivity contribution in [3.63, 3.8) is 0 Å². The van der Waals surface area contributed by atoms with E-state index in [2.05, 4.69) is 4.98 Å². The molecule has 0 saturated heterocycles. The molecule has 0 spiro atoms. The van der Waals surface area contributed by atoms with Crippen LogP contribution in [0.4, 0.5) is 0 Å². The maximum absolute atomic E-state index is 11.1. The molecule has 0 unspecified atom stereocenters. The first-order valence-corrected chi connectivity index (χ1v) is 4.00. The van der Waals surface area contributed by atoms with Gasteiger partial charge in [0, 0.05) is 0 Å². The molecule has 5 nitrogen and oxygen atoms in total. The lowest BCUT2D eigenvalue weighted by Gasteiger charge is -2.03. The molecule has 1 aromatic rings. The van der Waals surface area contributed by atoms with Gasteiger partial charge in [0.15, 0.2) is 6.29 Å². The second-order valence-corrected chi connectivity index (χ2v) is 2.88. The highest BCUT2D eigenvalue weighted by Gasteiger charge is 2.19. The van der Waals surface area contributed by atoms with Gasteiger partial charge in [-0.1, -0.05) is 11.6 Å². The number of carbonyl (C=O) groups is 1. The predicted octanol–water partition coefficient (Wildman–Crippen LogP) is 0.102. The maximum atomic E-state index is 11.1. The molecular formula is C7H5ClN2O3. The minimum absolute atomic E-state index is 0.0995. The molecule has 0 aromatic carbocycles. The Labute approximate surface area is 77.9 Å². The first-order valence-electron chi connectivity index (χ1n) is 3.62. The molecule has 6 heteroatoms. The zero-order valence-corrected chi connectivity index (χ0v) is 7.24. The third-order valence-electron chi connectivity index (χ3n) is 1.78. The summed E-state index contributed by atoms with van der Waals surface area (Å²) in [4.78, 5) is 25.1. The molecular weight excluding hydrogens is 196 g/mol. The van der Waals surface area contributed by atoms with Crippen molar-refractivity contribution in [1.29, 1.82) is 0 Å². The second kappa shape index (κ2) is 2.85. The Hall–Kier alpha value is -1.36. The van der Waals surface area contributed by atoms with Gasteiger partial charge in [-0.3, -0.25) is 14.2 Å². The van der Waals surface area contributed by atoms with Crippen molar-refractivity contribution >= 4 is 17.9 Å². The van der Waals surface area contributed by atoms with Crippen LogP contribution in [-0.2, 0) is 6.54 Å². The molecule has 0 saturated carbocycles. The zero-order chi connectivity index (χ0) is 9.42. The first kappa shape index (κ1) is 8.25. The van der Waals surface area contributed by atoms with E-state index in [1.165, 1.54) is 4.57 Å². The van der Waals surface area contributed by atoms with Crippen molar-refractivity contribution in [2.75, 3.05) is 6.61 Å². The number of hydrogen-bond donors (Lipinski definition) is 0. The summed E-state index contributed by atoms with van der Waals surface area (Å²) in [5.41, 5.74) is -0.760. The van der Waals surface area contributed by atoms with Crippen LogP contribution in [0.1, 0.15) is 10.4 Å². The summed E-state index contributed by atoms with van der Waals surface area (Å²) in [5.74, 6) is 0. The van der Waals surface area contributed by atoms with Crippen LogP contribution >= 0.6 is 11.6 Å². The van der Waals surface area contributed by atoms with Crippen LogP contribution in [0.15, 0.2) is 4.79 Å². The van der Waals surface area contributed by atoms with Gasteiger partial charge in [0.2, 0.25) is 0 Å². The van der Waals surface area contributed by atoms with E-state index in [0.717, 1.165) is 0 Å². The fourth-order valence-electron chi connectivity index (χ4n) is 1.16. The molecule has 1 aliphatic rings. The largest absolute Gasteiger partial charge is 0.463 e. The van der Waals surface area contributed by atoms with E-state index in [1.807, 2.05) is 0 Å². The van der Waals surface area contributed by atoms with Crippen molar-refractivity contribution < 1.29 is 9.53 Å². The molecule has 0 N–H and O–H groups in total. The average Bonchev–Trinajstić information content (AvgIpc) is 2.53. The Morgan fingerprint density at radius 1 is 1.62 bits per heavy atom. The lowest BCUT2D eigenvalue weighted by molar-refractivity contribution is 0.112. The summed E-state index contributed by atoms with van der Waals surface area (Å²) in [6, 6.07) is 0.181. The summed E-state index contributed by atoms with van der Waals surface area (Å²) in [6.07, 6.45) is 0.406. The van der Waals surface area contributed by atoms with Crippen molar-refractivity contribution in [3.05, 3.63) is 21.1 Å². The lowest BCUT2D eigenvalue weighted by atomic mass is 10.4. The third-order valence-corrected chi connectivity index (χ3v) is 2.19. The predicted molar refractivity (Wildman–Crippen MR) is 44.4 cm³/mol. The molecule has 68 valence electrons. The number of aromatic nitrogens is 2. The fourth-order valence-corrected chi connectivity index (χ4v) is 1.44. The number of rotatable bonds is 1. The van der Waals surface area contributed by atoms with Gasteiger partial charge in [0.25, 0.3) is 5.56 Å². The number of halogens is 1. The number of nitrogens with zero attached hydrogens (tertiary/aromatic N) is 2. The highest BCUT2D eigenvalue weighted by molar-refractivity contribution is 6.31. The summed E-state index contributed by atoms with van der Waals surface area (Å²) in [6.45, 7) is 0.941. The fraction of sp³-hybridized carbons (Fsp3) is 0.286. The number of aldehydes is 1. The van der Waals surface area contributed by atoms with Crippen LogP contribution in [0.3, 0.4) is 0 Å². The monoisotopic (exact) mass is 200 g/mol. The number of carbonyl (C=O) groups excluding carboxylic acids is 1. The molecule has 0 bridgehead atoms. The molecule has 0 fully saturated rings. The van der Waals surface area contributed by atoms with Gasteiger partial charge in [-0.25, -0.2) is 0 Å². The van der Waals surface area contributed by atoms with Crippen LogP contribution in [0.5, 0.6) is 6.01 Å². The van der Waals surface area contributed by atoms with E-state index in [9.17, 15) is 9.59 Å². The van der Waals surface area contributed by atoms with Crippen LogP contribution in [0.25, 0.3) is 0 Å². The molecule has 0 radical (unpaired) electrons. The van der Waals surface area contributed by atoms with E-state index in [-0.39, 0.29) is 16.7 Å². The first-order chi connectivity index (χ1) is 6.24. The molecule has 0 atom stereocenters. The highest BCUT2D eigenvalue weighted by Crippen LogP contribution is 2.20. The van der Waals surface area contributed by atoms with Gasteiger partial charge in [0.1, 0.15) is 17.3 Å². The normalized spacial score (nSPS) is 13.6. The quantitative estimate of drug-likeness (QED) is 0.477. The summed E-state index contributed by atoms with van der Waals surface area (Å²) >= 11 is 5.77. The van der Waals surface area contributed by atoms with Crippen molar-refractivity contribution in [2.24, 2.45) is 0 Å². The average molecular weight is 201 g/mol. The van der Waals surface area contributed by atoms with Gasteiger partial charge in [-0.15, -0.1) is 0 Å². The van der Waals surface area contributed by atoms with E-state index in [1.54, 1.807) is 0 Å². The summed E-state index contributed by atoms with van der Waals surface area (Å²) < 4.78 is 6.50. The molecule has 0 aliphatic carbocycles. The van der Waals surface area contributed by atoms with E-state index in [0.29, 0.717) is 19.4 Å². The van der Waals surface area contributed by atoms with Crippen molar-refractivity contribution in [2.45, 2.75) is 6.54 Å². The van der Waals surface area contributed by atoms with E-state index in [4.69, 9.17) is 16.3 Å². The van der Waals surface area contributed by atoms with Crippen molar-refractivity contribution in [1.82, 2.24) is 9.55 Å². The van der Waals surface area contributed by atoms with Crippen LogP contribution in [0, 0.1) is 0 Å². The smallest absolute Gasteiger partial charge is 0.301 e. The Bertz CT molecular complexity index is 426. The van der Waals surface area contributed by atoms with Crippen molar-refractivity contribution in [3.8, 4) is 6.01 Å². The van der Waals surface area contributed by atoms with E-state index >= 15 is 0 Å². The SMILES string of the molecule is O=Cc1c(Cl)n2c(nc1=O)OCC2. The molecule has 13 heavy (non-hydrogen) atoms. The van der Waals surface area contributed by atoms with Gasteiger partial charge in [-0.2, -0.15) is 4.98 Å². The minimum Gasteiger partial charge on any atom is -0.463 e. The topological polar surface area (TPSA) is 61.2 Å². The van der Waals surface area contributed by atoms with Gasteiger partial charge >= 0.3 is 6.01 Å². The van der Waals surface area contributed by atoms with Crippen LogP contribution in [0.2, 0.25) is 5.15 Å². The van der Waals surface area contributed by atoms with Crippen LogP contribution in [-0.4, -0.2) is 22.4 Å². The standard InChI is InChI=1S/C7H5ClN2O3/c8-5-4(3-11)6(12)9-7-10(5)1-2-13-7/h3H,1-2H2. The highest BCUT2D eigenvalue weighted by atomic mass is 35.5. The number of hydrogen-bond acceptors (Lipinski definition) is 4. The third kappa shape index (κ3) is 1.12.